The normalized spacial score (nSPS) is 8.33. The van der Waals surface area contributed by atoms with Gasteiger partial charge in [-0.3, -0.25) is 0 Å². The summed E-state index contributed by atoms with van der Waals surface area (Å²) in [5.41, 5.74) is 0.0359. The lowest BCUT2D eigenvalue weighted by atomic mass is 10.3. The summed E-state index contributed by atoms with van der Waals surface area (Å²) in [5, 5.41) is 17.0. The van der Waals surface area contributed by atoms with E-state index in [2.05, 4.69) is 11.1 Å². The second kappa shape index (κ2) is 2.14. The van der Waals surface area contributed by atoms with E-state index in [1.807, 2.05) is 0 Å². The van der Waals surface area contributed by atoms with Crippen molar-refractivity contribution >= 4 is 0 Å². The van der Waals surface area contributed by atoms with E-state index >= 15 is 0 Å². The second-order valence-corrected chi connectivity index (χ2v) is 1.41. The van der Waals surface area contributed by atoms with Crippen molar-refractivity contribution in [3.63, 3.8) is 0 Å². The Hall–Kier alpha value is -1.56. The number of aromatic nitrogens is 1. The summed E-state index contributed by atoms with van der Waals surface area (Å²) in [7, 11) is 0. The van der Waals surface area contributed by atoms with E-state index in [1.165, 1.54) is 12.3 Å². The molecule has 0 aliphatic rings. The Labute approximate surface area is 52.2 Å². The zero-order valence-corrected chi connectivity index (χ0v) is 4.50. The van der Waals surface area contributed by atoms with Crippen LogP contribution in [0.2, 0.25) is 0 Å². The first-order valence-corrected chi connectivity index (χ1v) is 2.30. The van der Waals surface area contributed by atoms with Crippen LogP contribution in [0.3, 0.4) is 0 Å². The average molecular weight is 119 g/mol. The van der Waals surface area contributed by atoms with Crippen LogP contribution < -0.4 is 0 Å². The molecule has 0 saturated heterocycles. The SMILES string of the molecule is N#Cc1nc[c]cc1O. The van der Waals surface area contributed by atoms with E-state index in [0.717, 1.165) is 0 Å². The lowest BCUT2D eigenvalue weighted by molar-refractivity contribution is 0.470. The number of hydrogen-bond donors (Lipinski definition) is 1. The summed E-state index contributed by atoms with van der Waals surface area (Å²) in [5.74, 6) is -0.125. The number of nitriles is 1. The van der Waals surface area contributed by atoms with Crippen LogP contribution in [0.1, 0.15) is 5.69 Å². The maximum atomic E-state index is 8.79. The molecule has 0 aliphatic carbocycles. The van der Waals surface area contributed by atoms with Crippen LogP contribution in [-0.2, 0) is 0 Å². The van der Waals surface area contributed by atoms with Crippen molar-refractivity contribution in [3.05, 3.63) is 24.0 Å². The highest BCUT2D eigenvalue weighted by atomic mass is 16.3. The van der Waals surface area contributed by atoms with E-state index in [1.54, 1.807) is 6.07 Å². The predicted octanol–water partition coefficient (Wildman–Crippen LogP) is 0.459. The summed E-state index contributed by atoms with van der Waals surface area (Å²) in [6.45, 7) is 0. The summed E-state index contributed by atoms with van der Waals surface area (Å²) in [4.78, 5) is 3.53. The van der Waals surface area contributed by atoms with Crippen molar-refractivity contribution in [1.29, 1.82) is 5.26 Å². The average Bonchev–Trinajstić information content (AvgIpc) is 1.89. The lowest BCUT2D eigenvalue weighted by Gasteiger charge is -1.88. The van der Waals surface area contributed by atoms with Crippen molar-refractivity contribution in [2.75, 3.05) is 0 Å². The van der Waals surface area contributed by atoms with E-state index in [4.69, 9.17) is 10.4 Å². The van der Waals surface area contributed by atoms with Gasteiger partial charge in [0.05, 0.1) is 0 Å². The van der Waals surface area contributed by atoms with Gasteiger partial charge in [0.1, 0.15) is 6.07 Å². The molecule has 3 heteroatoms. The van der Waals surface area contributed by atoms with Gasteiger partial charge < -0.3 is 5.11 Å². The smallest absolute Gasteiger partial charge is 0.182 e. The van der Waals surface area contributed by atoms with Crippen LogP contribution in [0.15, 0.2) is 12.3 Å². The molecule has 1 aromatic heterocycles. The molecule has 9 heavy (non-hydrogen) atoms. The Morgan fingerprint density at radius 3 is 3.00 bits per heavy atom. The van der Waals surface area contributed by atoms with Gasteiger partial charge in [-0.2, -0.15) is 5.26 Å². The number of pyridine rings is 1. The van der Waals surface area contributed by atoms with E-state index in [-0.39, 0.29) is 11.4 Å². The molecule has 0 saturated carbocycles. The molecule has 3 nitrogen and oxygen atoms in total. The van der Waals surface area contributed by atoms with Crippen molar-refractivity contribution in [2.24, 2.45) is 0 Å². The van der Waals surface area contributed by atoms with Gasteiger partial charge in [0.25, 0.3) is 0 Å². The van der Waals surface area contributed by atoms with Crippen molar-refractivity contribution in [3.8, 4) is 11.8 Å². The fourth-order valence-electron chi connectivity index (χ4n) is 0.439. The molecule has 1 heterocycles. The molecule has 1 N–H and O–H groups in total. The molecule has 0 bridgehead atoms. The first-order chi connectivity index (χ1) is 4.34. The topological polar surface area (TPSA) is 56.9 Å². The maximum Gasteiger partial charge on any atom is 0.182 e. The molecular formula is C6H3N2O. The van der Waals surface area contributed by atoms with Gasteiger partial charge in [0.2, 0.25) is 0 Å². The van der Waals surface area contributed by atoms with Gasteiger partial charge in [-0.1, -0.05) is 0 Å². The Bertz CT molecular complexity index is 251. The maximum absolute atomic E-state index is 8.79. The zero-order valence-electron chi connectivity index (χ0n) is 4.50. The van der Waals surface area contributed by atoms with Gasteiger partial charge in [0, 0.05) is 12.3 Å². The van der Waals surface area contributed by atoms with Gasteiger partial charge in [-0.15, -0.1) is 0 Å². The first-order valence-electron chi connectivity index (χ1n) is 2.30. The number of rotatable bonds is 0. The van der Waals surface area contributed by atoms with E-state index < -0.39 is 0 Å². The monoisotopic (exact) mass is 119 g/mol. The van der Waals surface area contributed by atoms with Crippen LogP contribution in [0, 0.1) is 17.4 Å². The predicted molar refractivity (Wildman–Crippen MR) is 29.5 cm³/mol. The van der Waals surface area contributed by atoms with E-state index in [0.29, 0.717) is 0 Å². The van der Waals surface area contributed by atoms with Crippen LogP contribution >= 0.6 is 0 Å². The quantitative estimate of drug-likeness (QED) is 0.539. The first kappa shape index (κ1) is 5.57. The highest BCUT2D eigenvalue weighted by molar-refractivity contribution is 5.34. The Morgan fingerprint density at radius 2 is 2.56 bits per heavy atom. The molecule has 1 rings (SSSR count). The molecule has 0 aromatic carbocycles. The van der Waals surface area contributed by atoms with Crippen LogP contribution in [0.4, 0.5) is 0 Å². The Morgan fingerprint density at radius 1 is 1.78 bits per heavy atom. The van der Waals surface area contributed by atoms with Gasteiger partial charge in [0.15, 0.2) is 11.4 Å². The summed E-state index contributed by atoms with van der Waals surface area (Å²) in [6, 6.07) is 5.53. The number of nitrogens with zero attached hydrogens (tertiary/aromatic N) is 2. The second-order valence-electron chi connectivity index (χ2n) is 1.41. The number of hydrogen-bond acceptors (Lipinski definition) is 3. The molecule has 1 radical (unpaired) electrons. The van der Waals surface area contributed by atoms with Crippen molar-refractivity contribution < 1.29 is 5.11 Å². The third-order valence-corrected chi connectivity index (χ3v) is 0.837. The molecule has 0 unspecified atom stereocenters. The van der Waals surface area contributed by atoms with E-state index in [9.17, 15) is 0 Å². The number of aromatic hydroxyl groups is 1. The fraction of sp³-hybridized carbons (Fsp3) is 0. The lowest BCUT2D eigenvalue weighted by Crippen LogP contribution is -1.79. The van der Waals surface area contributed by atoms with Crippen LogP contribution in [0.25, 0.3) is 0 Å². The largest absolute Gasteiger partial charge is 0.505 e. The molecule has 0 amide bonds. The Balaban J connectivity index is 3.20. The summed E-state index contributed by atoms with van der Waals surface area (Å²) >= 11 is 0. The highest BCUT2D eigenvalue weighted by Gasteiger charge is 1.95. The molecule has 0 fully saturated rings. The fourth-order valence-corrected chi connectivity index (χ4v) is 0.439. The van der Waals surface area contributed by atoms with Gasteiger partial charge in [-0.05, 0) is 6.07 Å². The highest BCUT2D eigenvalue weighted by Crippen LogP contribution is 2.09. The minimum Gasteiger partial charge on any atom is -0.505 e. The molecule has 0 spiro atoms. The minimum absolute atomic E-state index is 0.0359. The Kier molecular flexibility index (Phi) is 1.32. The standard InChI is InChI=1S/C6H3N2O/c7-4-5-6(9)2-1-3-8-5/h2-3,9H. The van der Waals surface area contributed by atoms with Crippen LogP contribution in [-0.4, -0.2) is 10.1 Å². The van der Waals surface area contributed by atoms with Gasteiger partial charge in [-0.25, -0.2) is 4.98 Å². The molecular weight excluding hydrogens is 116 g/mol. The molecule has 0 aliphatic heterocycles. The zero-order chi connectivity index (χ0) is 6.69. The molecule has 0 atom stereocenters. The minimum atomic E-state index is -0.125. The molecule has 43 valence electrons. The third-order valence-electron chi connectivity index (χ3n) is 0.837. The van der Waals surface area contributed by atoms with Crippen LogP contribution in [0.5, 0.6) is 5.75 Å². The third kappa shape index (κ3) is 0.970. The van der Waals surface area contributed by atoms with Gasteiger partial charge >= 0.3 is 0 Å². The van der Waals surface area contributed by atoms with Crippen molar-refractivity contribution in [1.82, 2.24) is 4.98 Å². The van der Waals surface area contributed by atoms with Crippen molar-refractivity contribution in [2.45, 2.75) is 0 Å². The molecule has 1 aromatic rings. The summed E-state index contributed by atoms with van der Waals surface area (Å²) < 4.78 is 0. The summed E-state index contributed by atoms with van der Waals surface area (Å²) in [6.07, 6.45) is 1.33.